The predicted octanol–water partition coefficient (Wildman–Crippen LogP) is -0.778. The average Bonchev–Trinajstić information content (AvgIpc) is 1.83. The van der Waals surface area contributed by atoms with Gasteiger partial charge in [0.05, 0.1) is 6.67 Å². The number of hydrogen-bond donors (Lipinski definition) is 4. The second kappa shape index (κ2) is 4.96. The molecule has 3 nitrogen and oxygen atoms in total. The third-order valence-electron chi connectivity index (χ3n) is 0.705. The molecule has 0 amide bonds. The molecule has 0 aliphatic carbocycles. The molecule has 48 valence electrons. The van der Waals surface area contributed by atoms with E-state index >= 15 is 0 Å². The molecule has 0 aromatic heterocycles. The van der Waals surface area contributed by atoms with Crippen LogP contribution in [0.25, 0.3) is 0 Å². The van der Waals surface area contributed by atoms with Crippen LogP contribution in [0.1, 0.15) is 0 Å². The highest BCUT2D eigenvalue weighted by molar-refractivity contribution is 7.83. The summed E-state index contributed by atoms with van der Waals surface area (Å²) in [5, 5.41) is 4.42. The molecular formula is C4H11N3S. The van der Waals surface area contributed by atoms with Crippen LogP contribution >= 0.6 is 12.6 Å². The number of thiol groups is 1. The second-order valence-electron chi connectivity index (χ2n) is 1.24. The molecule has 4 heteroatoms. The van der Waals surface area contributed by atoms with Crippen molar-refractivity contribution in [3.63, 3.8) is 0 Å². The van der Waals surface area contributed by atoms with Crippen LogP contribution in [0.5, 0.6) is 0 Å². The van der Waals surface area contributed by atoms with Gasteiger partial charge in [-0.1, -0.05) is 0 Å². The molecule has 0 bridgehead atoms. The van der Waals surface area contributed by atoms with E-state index in [1.807, 2.05) is 0 Å². The Labute approximate surface area is 54.5 Å². The molecule has 0 atom stereocenters. The van der Waals surface area contributed by atoms with Gasteiger partial charge in [0.25, 0.3) is 0 Å². The van der Waals surface area contributed by atoms with Crippen molar-refractivity contribution in [1.29, 1.82) is 0 Å². The summed E-state index contributed by atoms with van der Waals surface area (Å²) in [7, 11) is 0. The Balaban J connectivity index is 3.38. The van der Waals surface area contributed by atoms with Crippen LogP contribution in [-0.2, 0) is 0 Å². The standard InChI is InChI=1S/C4H11N3S/c5-1-4(2-8)7-3-6/h2,7-8H,1,3,5-6H2/b4-2-. The molecule has 5 N–H and O–H groups in total. The predicted molar refractivity (Wildman–Crippen MR) is 38.3 cm³/mol. The maximum Gasteiger partial charge on any atom is 0.0625 e. The molecule has 8 heavy (non-hydrogen) atoms. The van der Waals surface area contributed by atoms with Crippen LogP contribution in [0, 0.1) is 0 Å². The first-order valence-electron chi connectivity index (χ1n) is 2.32. The Bertz CT molecular complexity index is 81.4. The van der Waals surface area contributed by atoms with Gasteiger partial charge in [-0.3, -0.25) is 0 Å². The molecule has 0 aromatic carbocycles. The third kappa shape index (κ3) is 2.90. The molecule has 0 heterocycles. The van der Waals surface area contributed by atoms with E-state index in [0.29, 0.717) is 13.2 Å². The lowest BCUT2D eigenvalue weighted by atomic mass is 10.5. The maximum atomic E-state index is 5.23. The van der Waals surface area contributed by atoms with Crippen LogP contribution in [0.4, 0.5) is 0 Å². The van der Waals surface area contributed by atoms with Crippen molar-refractivity contribution in [2.45, 2.75) is 0 Å². The lowest BCUT2D eigenvalue weighted by molar-refractivity contribution is 0.804. The van der Waals surface area contributed by atoms with Crippen LogP contribution in [0.2, 0.25) is 0 Å². The van der Waals surface area contributed by atoms with Crippen molar-refractivity contribution in [2.75, 3.05) is 13.2 Å². The Morgan fingerprint density at radius 3 is 2.38 bits per heavy atom. The zero-order valence-corrected chi connectivity index (χ0v) is 5.49. The molecule has 0 saturated heterocycles. The van der Waals surface area contributed by atoms with E-state index in [2.05, 4.69) is 17.9 Å². The molecule has 0 unspecified atom stereocenters. The highest BCUT2D eigenvalue weighted by atomic mass is 32.1. The minimum absolute atomic E-state index is 0.406. The van der Waals surface area contributed by atoms with Crippen LogP contribution in [0.15, 0.2) is 11.1 Å². The van der Waals surface area contributed by atoms with Crippen molar-refractivity contribution in [3.05, 3.63) is 11.1 Å². The minimum Gasteiger partial charge on any atom is -0.375 e. The largest absolute Gasteiger partial charge is 0.375 e. The minimum atomic E-state index is 0.406. The van der Waals surface area contributed by atoms with E-state index in [1.165, 1.54) is 0 Å². The summed E-state index contributed by atoms with van der Waals surface area (Å²) < 4.78 is 0. The fourth-order valence-corrected chi connectivity index (χ4v) is 0.498. The maximum absolute atomic E-state index is 5.23. The normalized spacial score (nSPS) is 11.6. The highest BCUT2D eigenvalue weighted by Gasteiger charge is 1.84. The van der Waals surface area contributed by atoms with Gasteiger partial charge in [0.1, 0.15) is 0 Å². The summed E-state index contributed by atoms with van der Waals surface area (Å²) in [6.45, 7) is 0.865. The topological polar surface area (TPSA) is 64.1 Å². The van der Waals surface area contributed by atoms with Crippen LogP contribution in [-0.4, -0.2) is 13.2 Å². The van der Waals surface area contributed by atoms with Gasteiger partial charge in [0.15, 0.2) is 0 Å². The molecule has 0 spiro atoms. The SMILES string of the molecule is NCN/C(=C\S)CN. The molecule has 0 radical (unpaired) electrons. The zero-order chi connectivity index (χ0) is 6.41. The van der Waals surface area contributed by atoms with E-state index in [1.54, 1.807) is 5.41 Å². The van der Waals surface area contributed by atoms with Gasteiger partial charge < -0.3 is 16.8 Å². The molecule has 0 rings (SSSR count). The van der Waals surface area contributed by atoms with Crippen LogP contribution < -0.4 is 16.8 Å². The summed E-state index contributed by atoms with van der Waals surface area (Å²) >= 11 is 3.87. The van der Waals surface area contributed by atoms with Gasteiger partial charge in [-0.15, -0.1) is 12.6 Å². The van der Waals surface area contributed by atoms with E-state index in [0.717, 1.165) is 5.70 Å². The molecule has 0 saturated carbocycles. The first-order chi connectivity index (χ1) is 3.85. The number of nitrogens with one attached hydrogen (secondary N) is 1. The Morgan fingerprint density at radius 2 is 2.25 bits per heavy atom. The average molecular weight is 133 g/mol. The summed E-state index contributed by atoms with van der Waals surface area (Å²) in [5.41, 5.74) is 11.2. The first-order valence-corrected chi connectivity index (χ1v) is 2.84. The Hall–Kier alpha value is -0.190. The molecule has 0 aromatic rings. The van der Waals surface area contributed by atoms with Crippen molar-refractivity contribution in [1.82, 2.24) is 5.32 Å². The smallest absolute Gasteiger partial charge is 0.0625 e. The van der Waals surface area contributed by atoms with Crippen molar-refractivity contribution in [2.24, 2.45) is 11.5 Å². The second-order valence-corrected chi connectivity index (χ2v) is 1.50. The molecule has 0 fully saturated rings. The lowest BCUT2D eigenvalue weighted by Gasteiger charge is -2.02. The van der Waals surface area contributed by atoms with Gasteiger partial charge in [-0.2, -0.15) is 0 Å². The summed E-state index contributed by atoms with van der Waals surface area (Å²) in [6.07, 6.45) is 0. The fourth-order valence-electron chi connectivity index (χ4n) is 0.302. The van der Waals surface area contributed by atoms with Gasteiger partial charge >= 0.3 is 0 Å². The van der Waals surface area contributed by atoms with Crippen LogP contribution in [0.3, 0.4) is 0 Å². The monoisotopic (exact) mass is 133 g/mol. The van der Waals surface area contributed by atoms with Gasteiger partial charge in [-0.05, 0) is 5.41 Å². The van der Waals surface area contributed by atoms with Gasteiger partial charge in [0, 0.05) is 12.2 Å². The zero-order valence-electron chi connectivity index (χ0n) is 4.59. The van der Waals surface area contributed by atoms with Crippen molar-refractivity contribution in [3.8, 4) is 0 Å². The van der Waals surface area contributed by atoms with Gasteiger partial charge in [-0.25, -0.2) is 0 Å². The van der Waals surface area contributed by atoms with Gasteiger partial charge in [0.2, 0.25) is 0 Å². The first kappa shape index (κ1) is 7.81. The van der Waals surface area contributed by atoms with Crippen molar-refractivity contribution < 1.29 is 0 Å². The summed E-state index contributed by atoms with van der Waals surface area (Å²) in [4.78, 5) is 0. The highest BCUT2D eigenvalue weighted by Crippen LogP contribution is 1.85. The summed E-state index contributed by atoms with van der Waals surface area (Å²) in [6, 6.07) is 0. The lowest BCUT2D eigenvalue weighted by Crippen LogP contribution is -2.25. The third-order valence-corrected chi connectivity index (χ3v) is 1.02. The number of rotatable bonds is 3. The quantitative estimate of drug-likeness (QED) is 0.302. The number of nitrogens with two attached hydrogens (primary N) is 2. The van der Waals surface area contributed by atoms with E-state index < -0.39 is 0 Å². The molecule has 0 aliphatic rings. The molecule has 0 aliphatic heterocycles. The Kier molecular flexibility index (Phi) is 4.84. The van der Waals surface area contributed by atoms with E-state index in [9.17, 15) is 0 Å². The summed E-state index contributed by atoms with van der Waals surface area (Å²) in [5.74, 6) is 0. The number of hydrogen-bond acceptors (Lipinski definition) is 4. The van der Waals surface area contributed by atoms with E-state index in [4.69, 9.17) is 11.5 Å². The Morgan fingerprint density at radius 1 is 1.62 bits per heavy atom. The fraction of sp³-hybridized carbons (Fsp3) is 0.500. The van der Waals surface area contributed by atoms with E-state index in [-0.39, 0.29) is 0 Å². The molecular weight excluding hydrogens is 122 g/mol. The van der Waals surface area contributed by atoms with Crippen molar-refractivity contribution >= 4 is 12.6 Å².